The first-order valence-electron chi connectivity index (χ1n) is 6.85. The van der Waals surface area contributed by atoms with Crippen LogP contribution >= 0.6 is 0 Å². The lowest BCUT2D eigenvalue weighted by molar-refractivity contribution is -0.384. The van der Waals surface area contributed by atoms with Crippen molar-refractivity contribution >= 4 is 11.9 Å². The summed E-state index contributed by atoms with van der Waals surface area (Å²) < 4.78 is 11.4. The fraction of sp³-hybridized carbons (Fsp3) is 0.188. The molecule has 0 amide bonds. The standard InChI is InChI=1S/C16H14N2O4/c19-18(20)13-7-5-12(6-8-13)9-17-10-14-11-21-15-3-1-2-4-16(15)22-14/h1-9,14H,10-11H2. The molecule has 0 saturated carbocycles. The van der Waals surface area contributed by atoms with E-state index in [4.69, 9.17) is 9.47 Å². The Morgan fingerprint density at radius 3 is 2.64 bits per heavy atom. The molecule has 0 saturated heterocycles. The van der Waals surface area contributed by atoms with Gasteiger partial charge in [0.2, 0.25) is 0 Å². The minimum absolute atomic E-state index is 0.0674. The molecule has 1 aliphatic heterocycles. The van der Waals surface area contributed by atoms with Gasteiger partial charge in [0, 0.05) is 18.3 Å². The highest BCUT2D eigenvalue weighted by atomic mass is 16.6. The number of nitro groups is 1. The maximum Gasteiger partial charge on any atom is 0.269 e. The highest BCUT2D eigenvalue weighted by Gasteiger charge is 2.19. The van der Waals surface area contributed by atoms with Gasteiger partial charge in [-0.25, -0.2) is 0 Å². The quantitative estimate of drug-likeness (QED) is 0.494. The van der Waals surface area contributed by atoms with Crippen molar-refractivity contribution in [2.75, 3.05) is 13.2 Å². The molecule has 0 aromatic heterocycles. The predicted octanol–water partition coefficient (Wildman–Crippen LogP) is 2.85. The molecule has 0 N–H and O–H groups in total. The summed E-state index contributed by atoms with van der Waals surface area (Å²) in [6, 6.07) is 13.8. The summed E-state index contributed by atoms with van der Waals surface area (Å²) in [5.41, 5.74) is 0.875. The van der Waals surface area contributed by atoms with Crippen LogP contribution in [0.2, 0.25) is 0 Å². The van der Waals surface area contributed by atoms with E-state index in [9.17, 15) is 10.1 Å². The van der Waals surface area contributed by atoms with Gasteiger partial charge in [-0.1, -0.05) is 12.1 Å². The fourth-order valence-electron chi connectivity index (χ4n) is 2.11. The number of non-ortho nitro benzene ring substituents is 1. The first-order chi connectivity index (χ1) is 10.7. The Morgan fingerprint density at radius 1 is 1.18 bits per heavy atom. The Labute approximate surface area is 127 Å². The Hall–Kier alpha value is -2.89. The number of hydrogen-bond acceptors (Lipinski definition) is 5. The molecule has 2 aromatic carbocycles. The van der Waals surface area contributed by atoms with Crippen molar-refractivity contribution in [3.05, 3.63) is 64.2 Å². The minimum Gasteiger partial charge on any atom is -0.486 e. The fourth-order valence-corrected chi connectivity index (χ4v) is 2.11. The highest BCUT2D eigenvalue weighted by molar-refractivity contribution is 5.79. The van der Waals surface area contributed by atoms with Crippen molar-refractivity contribution in [3.8, 4) is 11.5 Å². The molecule has 22 heavy (non-hydrogen) atoms. The highest BCUT2D eigenvalue weighted by Crippen LogP contribution is 2.30. The average Bonchev–Trinajstić information content (AvgIpc) is 2.55. The average molecular weight is 298 g/mol. The molecule has 0 aliphatic carbocycles. The molecule has 1 unspecified atom stereocenters. The summed E-state index contributed by atoms with van der Waals surface area (Å²) >= 11 is 0. The normalized spacial score (nSPS) is 16.6. The third-order valence-electron chi connectivity index (χ3n) is 3.22. The van der Waals surface area contributed by atoms with Crippen molar-refractivity contribution in [1.29, 1.82) is 0 Å². The van der Waals surface area contributed by atoms with Crippen molar-refractivity contribution in [3.63, 3.8) is 0 Å². The zero-order valence-electron chi connectivity index (χ0n) is 11.7. The molecule has 6 heteroatoms. The summed E-state index contributed by atoms with van der Waals surface area (Å²) in [7, 11) is 0. The predicted molar refractivity (Wildman–Crippen MR) is 81.9 cm³/mol. The third kappa shape index (κ3) is 3.22. The Kier molecular flexibility index (Phi) is 4.00. The zero-order valence-corrected chi connectivity index (χ0v) is 11.7. The van der Waals surface area contributed by atoms with Gasteiger partial charge in [0.15, 0.2) is 17.6 Å². The van der Waals surface area contributed by atoms with Crippen LogP contribution in [0.4, 0.5) is 5.69 Å². The van der Waals surface area contributed by atoms with Crippen LogP contribution in [-0.4, -0.2) is 30.4 Å². The van der Waals surface area contributed by atoms with Gasteiger partial charge in [0.1, 0.15) is 6.61 Å². The molecule has 3 rings (SSSR count). The number of nitrogens with zero attached hydrogens (tertiary/aromatic N) is 2. The molecule has 112 valence electrons. The molecule has 0 fully saturated rings. The number of nitro benzene ring substituents is 1. The Bertz CT molecular complexity index is 698. The number of aliphatic imine (C=N–C) groups is 1. The third-order valence-corrected chi connectivity index (χ3v) is 3.22. The van der Waals surface area contributed by atoms with Gasteiger partial charge in [-0.05, 0) is 29.8 Å². The largest absolute Gasteiger partial charge is 0.486 e. The minimum atomic E-state index is -0.425. The maximum absolute atomic E-state index is 10.6. The van der Waals surface area contributed by atoms with Gasteiger partial charge < -0.3 is 9.47 Å². The van der Waals surface area contributed by atoms with E-state index in [2.05, 4.69) is 4.99 Å². The number of ether oxygens (including phenoxy) is 2. The maximum atomic E-state index is 10.6. The monoisotopic (exact) mass is 298 g/mol. The number of para-hydroxylation sites is 2. The summed E-state index contributed by atoms with van der Waals surface area (Å²) in [6.07, 6.45) is 1.54. The van der Waals surface area contributed by atoms with Crippen LogP contribution in [0.1, 0.15) is 5.56 Å². The van der Waals surface area contributed by atoms with E-state index in [0.29, 0.717) is 13.2 Å². The molecule has 1 heterocycles. The number of fused-ring (bicyclic) bond motifs is 1. The number of hydrogen-bond donors (Lipinski definition) is 0. The molecule has 0 spiro atoms. The van der Waals surface area contributed by atoms with Crippen LogP contribution in [0, 0.1) is 10.1 Å². The van der Waals surface area contributed by atoms with Crippen molar-refractivity contribution in [1.82, 2.24) is 0 Å². The van der Waals surface area contributed by atoms with E-state index < -0.39 is 4.92 Å². The van der Waals surface area contributed by atoms with Gasteiger partial charge in [-0.2, -0.15) is 0 Å². The first-order valence-corrected chi connectivity index (χ1v) is 6.85. The van der Waals surface area contributed by atoms with Gasteiger partial charge in [0.25, 0.3) is 5.69 Å². The second kappa shape index (κ2) is 6.26. The van der Waals surface area contributed by atoms with Crippen LogP contribution < -0.4 is 9.47 Å². The summed E-state index contributed by atoms with van der Waals surface area (Å²) in [5.74, 6) is 1.47. The van der Waals surface area contributed by atoms with Crippen molar-refractivity contribution < 1.29 is 14.4 Å². The van der Waals surface area contributed by atoms with Crippen LogP contribution in [0.25, 0.3) is 0 Å². The molecule has 2 aromatic rings. The van der Waals surface area contributed by atoms with E-state index in [1.807, 2.05) is 24.3 Å². The van der Waals surface area contributed by atoms with Gasteiger partial charge in [0.05, 0.1) is 11.5 Å². The van der Waals surface area contributed by atoms with Crippen LogP contribution in [0.5, 0.6) is 11.5 Å². The van der Waals surface area contributed by atoms with E-state index >= 15 is 0 Å². The van der Waals surface area contributed by atoms with Crippen LogP contribution in [-0.2, 0) is 0 Å². The first kappa shape index (κ1) is 14.1. The van der Waals surface area contributed by atoms with Gasteiger partial charge in [-0.3, -0.25) is 15.1 Å². The van der Waals surface area contributed by atoms with E-state index in [1.165, 1.54) is 12.1 Å². The zero-order chi connectivity index (χ0) is 15.4. The lowest BCUT2D eigenvalue weighted by Crippen LogP contribution is -2.31. The molecule has 1 aliphatic rings. The van der Waals surface area contributed by atoms with E-state index in [0.717, 1.165) is 17.1 Å². The van der Waals surface area contributed by atoms with Crippen molar-refractivity contribution in [2.24, 2.45) is 4.99 Å². The van der Waals surface area contributed by atoms with Crippen LogP contribution in [0.3, 0.4) is 0 Å². The summed E-state index contributed by atoms with van der Waals surface area (Å²) in [6.45, 7) is 0.917. The summed E-state index contributed by atoms with van der Waals surface area (Å²) in [5, 5.41) is 10.6. The SMILES string of the molecule is O=[N+]([O-])c1ccc(C=NCC2COc3ccccc3O2)cc1. The van der Waals surface area contributed by atoms with Crippen LogP contribution in [0.15, 0.2) is 53.5 Å². The number of benzene rings is 2. The van der Waals surface area contributed by atoms with Crippen molar-refractivity contribution in [2.45, 2.75) is 6.10 Å². The molecular formula is C16H14N2O4. The number of rotatable bonds is 4. The van der Waals surface area contributed by atoms with Gasteiger partial charge >= 0.3 is 0 Å². The molecule has 0 bridgehead atoms. The van der Waals surface area contributed by atoms with E-state index in [-0.39, 0.29) is 11.8 Å². The molecule has 0 radical (unpaired) electrons. The topological polar surface area (TPSA) is 74.0 Å². The Balaban J connectivity index is 1.58. The lowest BCUT2D eigenvalue weighted by atomic mass is 10.2. The molecule has 1 atom stereocenters. The summed E-state index contributed by atoms with van der Waals surface area (Å²) in [4.78, 5) is 14.5. The molecule has 6 nitrogen and oxygen atoms in total. The second-order valence-corrected chi connectivity index (χ2v) is 4.84. The lowest BCUT2D eigenvalue weighted by Gasteiger charge is -2.25. The smallest absolute Gasteiger partial charge is 0.269 e. The Morgan fingerprint density at radius 2 is 1.91 bits per heavy atom. The molecular weight excluding hydrogens is 284 g/mol. The second-order valence-electron chi connectivity index (χ2n) is 4.84. The van der Waals surface area contributed by atoms with Gasteiger partial charge in [-0.15, -0.1) is 0 Å². The van der Waals surface area contributed by atoms with E-state index in [1.54, 1.807) is 18.3 Å².